The van der Waals surface area contributed by atoms with E-state index < -0.39 is 27.9 Å². The molecule has 0 aliphatic carbocycles. The van der Waals surface area contributed by atoms with Gasteiger partial charge in [0.15, 0.2) is 0 Å². The summed E-state index contributed by atoms with van der Waals surface area (Å²) in [4.78, 5) is 24.0. The summed E-state index contributed by atoms with van der Waals surface area (Å²) in [6, 6.07) is 1.58. The number of nitrogens with one attached hydrogen (secondary N) is 1. The fourth-order valence-electron chi connectivity index (χ4n) is 2.05. The summed E-state index contributed by atoms with van der Waals surface area (Å²) >= 11 is 5.82. The topological polar surface area (TPSA) is 110 Å². The molecule has 1 aromatic carbocycles. The third kappa shape index (κ3) is 2.87. The smallest absolute Gasteiger partial charge is 0.247 e. The second-order valence-corrected chi connectivity index (χ2v) is 6.91. The van der Waals surface area contributed by atoms with Gasteiger partial charge in [-0.05, 0) is 24.6 Å². The molecule has 0 spiro atoms. The number of benzene rings is 1. The number of halogens is 1. The van der Waals surface area contributed by atoms with Crippen LogP contribution in [-0.2, 0) is 19.6 Å². The largest absolute Gasteiger partial charge is 0.398 e. The van der Waals surface area contributed by atoms with Crippen molar-refractivity contribution in [2.75, 3.05) is 12.8 Å². The highest BCUT2D eigenvalue weighted by atomic mass is 35.5. The number of likely N-dealkylation sites (N-methyl/N-ethyl adjacent to an activating group) is 1. The van der Waals surface area contributed by atoms with Crippen LogP contribution in [0.4, 0.5) is 5.69 Å². The first-order valence-electron chi connectivity index (χ1n) is 6.02. The number of carbonyl (C=O) groups excluding carboxylic acids is 2. The number of rotatable bonds is 3. The molecule has 1 heterocycles. The number of nitrogen functional groups attached to an aromatic ring is 1. The minimum atomic E-state index is -4.01. The Morgan fingerprint density at radius 1 is 1.38 bits per heavy atom. The summed E-state index contributed by atoms with van der Waals surface area (Å²) in [5, 5.41) is 0.171. The van der Waals surface area contributed by atoms with E-state index >= 15 is 0 Å². The molecule has 114 valence electrons. The van der Waals surface area contributed by atoms with Crippen molar-refractivity contribution in [1.82, 2.24) is 9.62 Å². The van der Waals surface area contributed by atoms with E-state index in [9.17, 15) is 18.0 Å². The maximum atomic E-state index is 12.4. The molecular weight excluding hydrogens is 318 g/mol. The van der Waals surface area contributed by atoms with Gasteiger partial charge in [0, 0.05) is 17.8 Å². The zero-order chi connectivity index (χ0) is 15.9. The summed E-state index contributed by atoms with van der Waals surface area (Å²) in [5.74, 6) is -1.02. The number of imide groups is 1. The van der Waals surface area contributed by atoms with E-state index in [0.717, 1.165) is 4.90 Å². The van der Waals surface area contributed by atoms with E-state index in [1.165, 1.54) is 26.1 Å². The van der Waals surface area contributed by atoms with Crippen LogP contribution in [0.25, 0.3) is 0 Å². The van der Waals surface area contributed by atoms with Crippen molar-refractivity contribution >= 4 is 39.1 Å². The Kier molecular flexibility index (Phi) is 3.96. The molecule has 1 atom stereocenters. The van der Waals surface area contributed by atoms with E-state index in [-0.39, 0.29) is 22.0 Å². The number of sulfonamides is 1. The number of anilines is 1. The summed E-state index contributed by atoms with van der Waals surface area (Å²) in [7, 11) is -2.71. The van der Waals surface area contributed by atoms with Gasteiger partial charge in [0.2, 0.25) is 21.8 Å². The zero-order valence-electron chi connectivity index (χ0n) is 11.4. The highest BCUT2D eigenvalue weighted by Crippen LogP contribution is 2.26. The van der Waals surface area contributed by atoms with Crippen LogP contribution in [0.15, 0.2) is 17.0 Å². The number of likely N-dealkylation sites (tertiary alicyclic amines) is 1. The van der Waals surface area contributed by atoms with Gasteiger partial charge >= 0.3 is 0 Å². The highest BCUT2D eigenvalue weighted by molar-refractivity contribution is 7.89. The Balaban J connectivity index is 2.36. The maximum absolute atomic E-state index is 12.4. The number of hydrogen-bond donors (Lipinski definition) is 2. The van der Waals surface area contributed by atoms with E-state index in [4.69, 9.17) is 17.3 Å². The number of amides is 2. The lowest BCUT2D eigenvalue weighted by atomic mass is 10.2. The maximum Gasteiger partial charge on any atom is 0.247 e. The van der Waals surface area contributed by atoms with Crippen molar-refractivity contribution in [2.24, 2.45) is 0 Å². The van der Waals surface area contributed by atoms with Gasteiger partial charge < -0.3 is 5.73 Å². The number of hydrogen-bond acceptors (Lipinski definition) is 5. The van der Waals surface area contributed by atoms with Gasteiger partial charge in [-0.2, -0.15) is 4.72 Å². The molecule has 1 fully saturated rings. The zero-order valence-corrected chi connectivity index (χ0v) is 13.0. The number of nitrogens with zero attached hydrogens (tertiary/aromatic N) is 1. The second kappa shape index (κ2) is 5.28. The van der Waals surface area contributed by atoms with Gasteiger partial charge in [-0.25, -0.2) is 8.42 Å². The second-order valence-electron chi connectivity index (χ2n) is 4.79. The molecule has 1 aromatic rings. The van der Waals surface area contributed by atoms with Crippen molar-refractivity contribution < 1.29 is 18.0 Å². The molecule has 7 nitrogen and oxygen atoms in total. The molecule has 1 unspecified atom stereocenters. The third-order valence-corrected chi connectivity index (χ3v) is 5.15. The fraction of sp³-hybridized carbons (Fsp3) is 0.333. The van der Waals surface area contributed by atoms with Gasteiger partial charge in [0.05, 0.1) is 11.3 Å². The van der Waals surface area contributed by atoms with Crippen LogP contribution in [0, 0.1) is 6.92 Å². The molecule has 1 aliphatic rings. The first-order chi connectivity index (χ1) is 9.63. The Morgan fingerprint density at radius 3 is 2.52 bits per heavy atom. The van der Waals surface area contributed by atoms with Crippen molar-refractivity contribution in [2.45, 2.75) is 24.3 Å². The van der Waals surface area contributed by atoms with Gasteiger partial charge in [-0.1, -0.05) is 11.6 Å². The van der Waals surface area contributed by atoms with Crippen LogP contribution in [0.5, 0.6) is 0 Å². The Morgan fingerprint density at radius 2 is 2.00 bits per heavy atom. The summed E-state index contributed by atoms with van der Waals surface area (Å²) in [5.41, 5.74) is 6.25. The van der Waals surface area contributed by atoms with Crippen LogP contribution >= 0.6 is 11.6 Å². The van der Waals surface area contributed by atoms with Crippen LogP contribution in [-0.4, -0.2) is 38.2 Å². The highest BCUT2D eigenvalue weighted by Gasteiger charge is 2.39. The molecule has 3 N–H and O–H groups in total. The first kappa shape index (κ1) is 15.7. The van der Waals surface area contributed by atoms with Crippen LogP contribution < -0.4 is 10.5 Å². The van der Waals surface area contributed by atoms with Crippen molar-refractivity contribution in [3.8, 4) is 0 Å². The van der Waals surface area contributed by atoms with Crippen molar-refractivity contribution in [3.05, 3.63) is 22.7 Å². The SMILES string of the molecule is Cc1c(N)cc(Cl)cc1S(=O)(=O)NC1CC(=O)N(C)C1=O. The van der Waals surface area contributed by atoms with Crippen molar-refractivity contribution in [1.29, 1.82) is 0 Å². The molecule has 9 heteroatoms. The average molecular weight is 332 g/mol. The molecule has 0 saturated carbocycles. The van der Waals surface area contributed by atoms with E-state index in [1.54, 1.807) is 0 Å². The molecule has 0 aromatic heterocycles. The lowest BCUT2D eigenvalue weighted by molar-refractivity contribution is -0.137. The minimum absolute atomic E-state index is 0.109. The average Bonchev–Trinajstić information content (AvgIpc) is 2.61. The Labute approximate surface area is 127 Å². The van der Waals surface area contributed by atoms with Gasteiger partial charge in [-0.15, -0.1) is 0 Å². The molecule has 1 aliphatic heterocycles. The van der Waals surface area contributed by atoms with E-state index in [1.807, 2.05) is 0 Å². The fourth-order valence-corrected chi connectivity index (χ4v) is 3.83. The minimum Gasteiger partial charge on any atom is -0.398 e. The molecule has 21 heavy (non-hydrogen) atoms. The van der Waals surface area contributed by atoms with E-state index in [2.05, 4.69) is 4.72 Å². The predicted octanol–water partition coefficient (Wildman–Crippen LogP) is 0.266. The predicted molar refractivity (Wildman–Crippen MR) is 77.1 cm³/mol. The lowest BCUT2D eigenvalue weighted by Crippen LogP contribution is -2.40. The Hall–Kier alpha value is -1.64. The molecular formula is C12H14ClN3O4S. The molecule has 0 radical (unpaired) electrons. The van der Waals surface area contributed by atoms with E-state index in [0.29, 0.717) is 5.56 Å². The number of nitrogens with two attached hydrogens (primary N) is 1. The monoisotopic (exact) mass is 331 g/mol. The third-order valence-electron chi connectivity index (χ3n) is 3.33. The summed E-state index contributed by atoms with van der Waals surface area (Å²) in [6.45, 7) is 1.54. The van der Waals surface area contributed by atoms with Gasteiger partial charge in [-0.3, -0.25) is 14.5 Å². The van der Waals surface area contributed by atoms with Gasteiger partial charge in [0.1, 0.15) is 6.04 Å². The lowest BCUT2D eigenvalue weighted by Gasteiger charge is -2.14. The summed E-state index contributed by atoms with van der Waals surface area (Å²) < 4.78 is 27.0. The molecule has 0 bridgehead atoms. The van der Waals surface area contributed by atoms with Crippen LogP contribution in [0.2, 0.25) is 5.02 Å². The Bertz CT molecular complexity index is 732. The molecule has 2 rings (SSSR count). The van der Waals surface area contributed by atoms with Gasteiger partial charge in [0.25, 0.3) is 0 Å². The quantitative estimate of drug-likeness (QED) is 0.610. The molecule has 2 amide bonds. The summed E-state index contributed by atoms with van der Waals surface area (Å²) in [6.07, 6.45) is -0.205. The first-order valence-corrected chi connectivity index (χ1v) is 7.88. The molecule has 1 saturated heterocycles. The normalized spacial score (nSPS) is 19.4. The van der Waals surface area contributed by atoms with Crippen molar-refractivity contribution in [3.63, 3.8) is 0 Å². The standard InChI is InChI=1S/C12H14ClN3O4S/c1-6-8(14)3-7(13)4-10(6)21(19,20)15-9-5-11(17)16(2)12(9)18/h3-4,9,15H,5,14H2,1-2H3. The van der Waals surface area contributed by atoms with Crippen LogP contribution in [0.3, 0.4) is 0 Å². The number of carbonyl (C=O) groups is 2. The van der Waals surface area contributed by atoms with Crippen LogP contribution in [0.1, 0.15) is 12.0 Å².